The maximum atomic E-state index is 12.0. The molecule has 1 saturated heterocycles. The van der Waals surface area contributed by atoms with Crippen LogP contribution in [0.4, 0.5) is 0 Å². The first-order valence-electron chi connectivity index (χ1n) is 6.76. The van der Waals surface area contributed by atoms with Gasteiger partial charge in [0, 0.05) is 33.2 Å². The van der Waals surface area contributed by atoms with Crippen LogP contribution in [0.1, 0.15) is 19.3 Å². The van der Waals surface area contributed by atoms with Crippen LogP contribution in [0.15, 0.2) is 0 Å². The summed E-state index contributed by atoms with van der Waals surface area (Å²) in [6.45, 7) is 1.47. The lowest BCUT2D eigenvalue weighted by molar-refractivity contribution is -0.143. The highest BCUT2D eigenvalue weighted by molar-refractivity contribution is 5.89. The number of hydrogen-bond acceptors (Lipinski definition) is 4. The van der Waals surface area contributed by atoms with Gasteiger partial charge in [0.15, 0.2) is 0 Å². The number of methoxy groups -OCH3 is 1. The van der Waals surface area contributed by atoms with Gasteiger partial charge in [0.05, 0.1) is 17.9 Å². The normalized spacial score (nSPS) is 23.8. The number of rotatable bonds is 7. The zero-order chi connectivity index (χ0) is 14.8. The molecule has 1 saturated carbocycles. The Morgan fingerprint density at radius 2 is 2.20 bits per heavy atom. The van der Waals surface area contributed by atoms with E-state index in [1.807, 2.05) is 0 Å². The number of amides is 2. The second-order valence-corrected chi connectivity index (χ2v) is 5.54. The molecule has 1 aliphatic carbocycles. The predicted molar refractivity (Wildman–Crippen MR) is 68.9 cm³/mol. The van der Waals surface area contributed by atoms with Crippen LogP contribution in [0.25, 0.3) is 0 Å². The molecule has 0 aromatic rings. The van der Waals surface area contributed by atoms with Crippen LogP contribution in [0, 0.1) is 11.3 Å². The molecule has 1 aliphatic heterocycles. The van der Waals surface area contributed by atoms with Crippen molar-refractivity contribution < 1.29 is 24.2 Å². The third-order valence-electron chi connectivity index (χ3n) is 4.06. The number of ether oxygens (including phenoxy) is 1. The minimum Gasteiger partial charge on any atom is -0.481 e. The van der Waals surface area contributed by atoms with Gasteiger partial charge in [-0.05, 0) is 12.8 Å². The van der Waals surface area contributed by atoms with Crippen LogP contribution in [0.5, 0.6) is 0 Å². The van der Waals surface area contributed by atoms with Gasteiger partial charge >= 0.3 is 5.97 Å². The molecule has 2 fully saturated rings. The van der Waals surface area contributed by atoms with Crippen molar-refractivity contribution >= 4 is 17.8 Å². The van der Waals surface area contributed by atoms with E-state index in [2.05, 4.69) is 5.32 Å². The fraction of sp³-hybridized carbons (Fsp3) is 0.769. The molecule has 20 heavy (non-hydrogen) atoms. The summed E-state index contributed by atoms with van der Waals surface area (Å²) in [5.74, 6) is -1.53. The molecule has 0 radical (unpaired) electrons. The first-order valence-corrected chi connectivity index (χ1v) is 6.76. The minimum atomic E-state index is -0.859. The summed E-state index contributed by atoms with van der Waals surface area (Å²) in [5.41, 5.74) is -0.770. The zero-order valence-electron chi connectivity index (χ0n) is 11.6. The van der Waals surface area contributed by atoms with Crippen LogP contribution in [0.3, 0.4) is 0 Å². The van der Waals surface area contributed by atoms with Crippen molar-refractivity contribution in [3.63, 3.8) is 0 Å². The van der Waals surface area contributed by atoms with Crippen molar-refractivity contribution in [2.45, 2.75) is 19.3 Å². The third-order valence-corrected chi connectivity index (χ3v) is 4.06. The molecule has 7 nitrogen and oxygen atoms in total. The first kappa shape index (κ1) is 14.8. The smallest absolute Gasteiger partial charge is 0.311 e. The SMILES string of the molecule is COCCN1CC(C(=O)NCC2(C(=O)O)CC2)CC1=O. The highest BCUT2D eigenvalue weighted by Gasteiger charge is 2.50. The van der Waals surface area contributed by atoms with Crippen molar-refractivity contribution in [1.29, 1.82) is 0 Å². The Labute approximate surface area is 117 Å². The van der Waals surface area contributed by atoms with E-state index in [9.17, 15) is 14.4 Å². The van der Waals surface area contributed by atoms with Gasteiger partial charge in [-0.3, -0.25) is 14.4 Å². The highest BCUT2D eigenvalue weighted by Crippen LogP contribution is 2.45. The Kier molecular flexibility index (Phi) is 4.27. The van der Waals surface area contributed by atoms with Crippen LogP contribution in [-0.2, 0) is 19.1 Å². The number of nitrogens with one attached hydrogen (secondary N) is 1. The molecular formula is C13H20N2O5. The maximum Gasteiger partial charge on any atom is 0.311 e. The first-order chi connectivity index (χ1) is 9.48. The standard InChI is InChI=1S/C13H20N2O5/c1-20-5-4-15-7-9(6-10(15)16)11(17)14-8-13(2-3-13)12(18)19/h9H,2-8H2,1H3,(H,14,17)(H,18,19). The van der Waals surface area contributed by atoms with Gasteiger partial charge in [-0.15, -0.1) is 0 Å². The number of carbonyl (C=O) groups is 3. The topological polar surface area (TPSA) is 95.9 Å². The molecule has 2 N–H and O–H groups in total. The van der Waals surface area contributed by atoms with E-state index >= 15 is 0 Å². The Morgan fingerprint density at radius 3 is 2.75 bits per heavy atom. The van der Waals surface area contributed by atoms with Crippen molar-refractivity contribution in [1.82, 2.24) is 10.2 Å². The maximum absolute atomic E-state index is 12.0. The summed E-state index contributed by atoms with van der Waals surface area (Å²) in [6.07, 6.45) is 1.40. The van der Waals surface area contributed by atoms with E-state index in [0.29, 0.717) is 32.5 Å². The molecule has 7 heteroatoms. The number of hydrogen-bond donors (Lipinski definition) is 2. The van der Waals surface area contributed by atoms with E-state index in [0.717, 1.165) is 0 Å². The molecule has 0 aromatic heterocycles. The fourth-order valence-electron chi connectivity index (χ4n) is 2.38. The summed E-state index contributed by atoms with van der Waals surface area (Å²) in [6, 6.07) is 0. The lowest BCUT2D eigenvalue weighted by Gasteiger charge is -2.16. The van der Waals surface area contributed by atoms with E-state index in [1.54, 1.807) is 12.0 Å². The second-order valence-electron chi connectivity index (χ2n) is 5.54. The number of carboxylic acid groups (broad SMARTS) is 1. The summed E-state index contributed by atoms with van der Waals surface area (Å²) in [4.78, 5) is 36.3. The van der Waals surface area contributed by atoms with Gasteiger partial charge in [-0.25, -0.2) is 0 Å². The van der Waals surface area contributed by atoms with Crippen LogP contribution in [-0.4, -0.2) is 61.1 Å². The molecule has 1 unspecified atom stereocenters. The van der Waals surface area contributed by atoms with Crippen LogP contribution in [0.2, 0.25) is 0 Å². The average molecular weight is 284 g/mol. The van der Waals surface area contributed by atoms with Crippen molar-refractivity contribution in [3.8, 4) is 0 Å². The Balaban J connectivity index is 1.79. The van der Waals surface area contributed by atoms with E-state index in [-0.39, 0.29) is 30.7 Å². The van der Waals surface area contributed by atoms with Gasteiger partial charge in [0.25, 0.3) is 0 Å². The Bertz CT molecular complexity index is 419. The fourth-order valence-corrected chi connectivity index (χ4v) is 2.38. The number of carbonyl (C=O) groups excluding carboxylic acids is 2. The summed E-state index contributed by atoms with van der Waals surface area (Å²) in [5, 5.41) is 11.7. The number of likely N-dealkylation sites (tertiary alicyclic amines) is 1. The molecule has 2 aliphatic rings. The van der Waals surface area contributed by atoms with Gasteiger partial charge in [-0.2, -0.15) is 0 Å². The second kappa shape index (κ2) is 5.78. The van der Waals surface area contributed by atoms with Crippen LogP contribution < -0.4 is 5.32 Å². The molecule has 2 amide bonds. The average Bonchev–Trinajstić information content (AvgIpc) is 3.12. The van der Waals surface area contributed by atoms with E-state index < -0.39 is 11.4 Å². The molecule has 112 valence electrons. The van der Waals surface area contributed by atoms with Crippen molar-refractivity contribution in [2.75, 3.05) is 33.4 Å². The molecular weight excluding hydrogens is 264 g/mol. The number of nitrogens with zero attached hydrogens (tertiary/aromatic N) is 1. The summed E-state index contributed by atoms with van der Waals surface area (Å²) < 4.78 is 4.91. The third kappa shape index (κ3) is 3.09. The number of aliphatic carboxylic acids is 1. The van der Waals surface area contributed by atoms with Gasteiger partial charge in [0.1, 0.15) is 0 Å². The quantitative estimate of drug-likeness (QED) is 0.654. The minimum absolute atomic E-state index is 0.0541. The molecule has 2 rings (SSSR count). The highest BCUT2D eigenvalue weighted by atomic mass is 16.5. The predicted octanol–water partition coefficient (Wildman–Crippen LogP) is -0.538. The summed E-state index contributed by atoms with van der Waals surface area (Å²) >= 11 is 0. The lowest BCUT2D eigenvalue weighted by atomic mass is 10.1. The molecule has 0 bridgehead atoms. The van der Waals surface area contributed by atoms with Crippen molar-refractivity contribution in [3.05, 3.63) is 0 Å². The molecule has 0 spiro atoms. The van der Waals surface area contributed by atoms with Gasteiger partial charge in [-0.1, -0.05) is 0 Å². The molecule has 1 heterocycles. The van der Waals surface area contributed by atoms with Crippen LogP contribution >= 0.6 is 0 Å². The van der Waals surface area contributed by atoms with Gasteiger partial charge in [0.2, 0.25) is 11.8 Å². The molecule has 0 aromatic carbocycles. The molecule has 1 atom stereocenters. The van der Waals surface area contributed by atoms with Gasteiger partial charge < -0.3 is 20.1 Å². The monoisotopic (exact) mass is 284 g/mol. The lowest BCUT2D eigenvalue weighted by Crippen LogP contribution is -2.38. The summed E-state index contributed by atoms with van der Waals surface area (Å²) in [7, 11) is 1.56. The zero-order valence-corrected chi connectivity index (χ0v) is 11.6. The van der Waals surface area contributed by atoms with Crippen molar-refractivity contribution in [2.24, 2.45) is 11.3 Å². The Hall–Kier alpha value is -1.63. The van der Waals surface area contributed by atoms with E-state index in [4.69, 9.17) is 9.84 Å². The van der Waals surface area contributed by atoms with E-state index in [1.165, 1.54) is 0 Å². The number of carboxylic acids is 1. The Morgan fingerprint density at radius 1 is 1.50 bits per heavy atom. The largest absolute Gasteiger partial charge is 0.481 e.